The Morgan fingerprint density at radius 3 is 2.92 bits per heavy atom. The van der Waals surface area contributed by atoms with Crippen molar-refractivity contribution in [3.05, 3.63) is 33.2 Å². The van der Waals surface area contributed by atoms with Crippen LogP contribution in [-0.4, -0.2) is 17.8 Å². The summed E-state index contributed by atoms with van der Waals surface area (Å²) in [6.45, 7) is 1.30. The van der Waals surface area contributed by atoms with Crippen LogP contribution in [0.3, 0.4) is 0 Å². The van der Waals surface area contributed by atoms with Gasteiger partial charge in [-0.1, -0.05) is 0 Å². The third-order valence-corrected chi connectivity index (χ3v) is 2.55. The average molecular weight is 230 g/mol. The van der Waals surface area contributed by atoms with Crippen molar-refractivity contribution in [2.24, 2.45) is 0 Å². The Morgan fingerprint density at radius 2 is 2.33 bits per heavy atom. The topological polar surface area (TPSA) is 31.2 Å². The maximum Gasteiger partial charge on any atom is 0.265 e. The monoisotopic (exact) mass is 229 g/mol. The van der Waals surface area contributed by atoms with E-state index in [0.29, 0.717) is 17.7 Å². The molecule has 0 spiro atoms. The highest BCUT2D eigenvalue weighted by Gasteiger charge is 2.21. The van der Waals surface area contributed by atoms with Crippen LogP contribution in [0.5, 0.6) is 0 Å². The molecule has 0 aromatic carbocycles. The fourth-order valence-electron chi connectivity index (χ4n) is 1.15. The molecule has 0 amide bonds. The fraction of sp³-hybridized carbons (Fsp3) is 0.375. The molecule has 2 rings (SSSR count). The molecule has 3 nitrogen and oxygen atoms in total. The van der Waals surface area contributed by atoms with Gasteiger partial charge in [0.05, 0.1) is 23.7 Å². The van der Waals surface area contributed by atoms with E-state index in [0.717, 1.165) is 0 Å². The molecule has 1 aromatic rings. The minimum atomic E-state index is 0.0193. The van der Waals surface area contributed by atoms with E-state index in [1.54, 1.807) is 16.8 Å². The number of hydrogen-bond donors (Lipinski definition) is 0. The van der Waals surface area contributed by atoms with E-state index in [4.69, 9.17) is 4.74 Å². The van der Waals surface area contributed by atoms with Crippen molar-refractivity contribution in [1.29, 1.82) is 0 Å². The maximum atomic E-state index is 11.5. The molecule has 0 saturated carbocycles. The van der Waals surface area contributed by atoms with E-state index in [-0.39, 0.29) is 11.6 Å². The molecule has 1 fully saturated rings. The van der Waals surface area contributed by atoms with Crippen molar-refractivity contribution in [2.75, 3.05) is 13.2 Å². The molecule has 0 aliphatic carbocycles. The first-order chi connectivity index (χ1) is 5.79. The zero-order valence-corrected chi connectivity index (χ0v) is 7.95. The van der Waals surface area contributed by atoms with Gasteiger partial charge in [0.15, 0.2) is 0 Å². The lowest BCUT2D eigenvalue weighted by Gasteiger charge is -2.27. The Balaban J connectivity index is 2.43. The van der Waals surface area contributed by atoms with Gasteiger partial charge in [-0.05, 0) is 28.1 Å². The molecule has 2 heterocycles. The summed E-state index contributed by atoms with van der Waals surface area (Å²) in [5.74, 6) is 0. The summed E-state index contributed by atoms with van der Waals surface area (Å²) in [6.07, 6.45) is 1.79. The average Bonchev–Trinajstić information content (AvgIpc) is 1.95. The molecule has 0 radical (unpaired) electrons. The molecular weight excluding hydrogens is 222 g/mol. The van der Waals surface area contributed by atoms with Crippen LogP contribution < -0.4 is 5.56 Å². The summed E-state index contributed by atoms with van der Waals surface area (Å²) < 4.78 is 7.32. The smallest absolute Gasteiger partial charge is 0.265 e. The molecule has 0 N–H and O–H groups in total. The Hall–Kier alpha value is -0.610. The van der Waals surface area contributed by atoms with Gasteiger partial charge in [0.2, 0.25) is 0 Å². The van der Waals surface area contributed by atoms with Crippen molar-refractivity contribution < 1.29 is 4.74 Å². The number of rotatable bonds is 1. The lowest BCUT2D eigenvalue weighted by atomic mass is 10.2. The first-order valence-corrected chi connectivity index (χ1v) is 4.53. The molecule has 1 aliphatic heterocycles. The summed E-state index contributed by atoms with van der Waals surface area (Å²) in [6, 6.07) is 3.83. The predicted octanol–water partition coefficient (Wildman–Crippen LogP) is 1.18. The summed E-state index contributed by atoms with van der Waals surface area (Å²) >= 11 is 3.19. The highest BCUT2D eigenvalue weighted by Crippen LogP contribution is 2.15. The van der Waals surface area contributed by atoms with Gasteiger partial charge >= 0.3 is 0 Å². The number of halogens is 1. The van der Waals surface area contributed by atoms with Crippen molar-refractivity contribution in [3.63, 3.8) is 0 Å². The van der Waals surface area contributed by atoms with Gasteiger partial charge in [0.1, 0.15) is 0 Å². The zero-order chi connectivity index (χ0) is 8.55. The van der Waals surface area contributed by atoms with E-state index in [2.05, 4.69) is 15.9 Å². The van der Waals surface area contributed by atoms with Crippen LogP contribution in [0.2, 0.25) is 0 Å². The Bertz CT molecular complexity index is 343. The van der Waals surface area contributed by atoms with Crippen LogP contribution in [0, 0.1) is 0 Å². The van der Waals surface area contributed by atoms with Crippen LogP contribution in [0.4, 0.5) is 0 Å². The Morgan fingerprint density at radius 1 is 1.58 bits per heavy atom. The number of nitrogens with zero attached hydrogens (tertiary/aromatic N) is 1. The molecular formula is C8H8BrNO2. The number of ether oxygens (including phenoxy) is 1. The van der Waals surface area contributed by atoms with Crippen molar-refractivity contribution in [2.45, 2.75) is 6.04 Å². The van der Waals surface area contributed by atoms with E-state index >= 15 is 0 Å². The maximum absolute atomic E-state index is 11.5. The normalized spacial score (nSPS) is 17.4. The minimum Gasteiger partial charge on any atom is -0.377 e. The van der Waals surface area contributed by atoms with Crippen LogP contribution >= 0.6 is 15.9 Å². The van der Waals surface area contributed by atoms with E-state index < -0.39 is 0 Å². The second kappa shape index (κ2) is 3.03. The molecule has 12 heavy (non-hydrogen) atoms. The Labute approximate surface area is 78.1 Å². The molecule has 1 aromatic heterocycles. The molecule has 1 saturated heterocycles. The largest absolute Gasteiger partial charge is 0.377 e. The van der Waals surface area contributed by atoms with E-state index in [9.17, 15) is 4.79 Å². The summed E-state index contributed by atoms with van der Waals surface area (Å²) in [5.41, 5.74) is 0.0193. The van der Waals surface area contributed by atoms with Crippen LogP contribution in [-0.2, 0) is 4.74 Å². The van der Waals surface area contributed by atoms with E-state index in [1.165, 1.54) is 0 Å². The quantitative estimate of drug-likeness (QED) is 0.725. The van der Waals surface area contributed by atoms with Crippen LogP contribution in [0.1, 0.15) is 6.04 Å². The van der Waals surface area contributed by atoms with Gasteiger partial charge < -0.3 is 9.30 Å². The highest BCUT2D eigenvalue weighted by molar-refractivity contribution is 9.10. The van der Waals surface area contributed by atoms with Gasteiger partial charge in [0.25, 0.3) is 5.56 Å². The Kier molecular flexibility index (Phi) is 2.02. The van der Waals surface area contributed by atoms with Gasteiger partial charge in [0, 0.05) is 6.20 Å². The summed E-state index contributed by atoms with van der Waals surface area (Å²) in [7, 11) is 0. The first-order valence-electron chi connectivity index (χ1n) is 3.73. The summed E-state index contributed by atoms with van der Waals surface area (Å²) in [5, 5.41) is 0. The lowest BCUT2D eigenvalue weighted by Crippen LogP contribution is -2.37. The van der Waals surface area contributed by atoms with Gasteiger partial charge in [-0.25, -0.2) is 0 Å². The second-order valence-electron chi connectivity index (χ2n) is 2.76. The number of hydrogen-bond acceptors (Lipinski definition) is 2. The molecule has 4 heteroatoms. The third-order valence-electron chi connectivity index (χ3n) is 1.94. The molecule has 1 aliphatic rings. The van der Waals surface area contributed by atoms with Crippen molar-refractivity contribution in [3.8, 4) is 0 Å². The van der Waals surface area contributed by atoms with Crippen molar-refractivity contribution in [1.82, 2.24) is 4.57 Å². The zero-order valence-electron chi connectivity index (χ0n) is 6.37. The molecule has 64 valence electrons. The predicted molar refractivity (Wildman–Crippen MR) is 48.3 cm³/mol. The second-order valence-corrected chi connectivity index (χ2v) is 3.61. The third kappa shape index (κ3) is 1.21. The molecule has 0 unspecified atom stereocenters. The van der Waals surface area contributed by atoms with E-state index in [1.807, 2.05) is 6.07 Å². The molecule has 0 atom stereocenters. The lowest BCUT2D eigenvalue weighted by molar-refractivity contribution is -0.0249. The van der Waals surface area contributed by atoms with Gasteiger partial charge in [-0.15, -0.1) is 0 Å². The SMILES string of the molecule is O=c1c(Br)cccn1C1COC1. The van der Waals surface area contributed by atoms with Gasteiger partial charge in [-0.3, -0.25) is 4.79 Å². The fourth-order valence-corrected chi connectivity index (χ4v) is 1.51. The van der Waals surface area contributed by atoms with Gasteiger partial charge in [-0.2, -0.15) is 0 Å². The number of pyridine rings is 1. The summed E-state index contributed by atoms with van der Waals surface area (Å²) in [4.78, 5) is 11.5. The first kappa shape index (κ1) is 8.01. The van der Waals surface area contributed by atoms with Crippen molar-refractivity contribution >= 4 is 15.9 Å². The van der Waals surface area contributed by atoms with Crippen LogP contribution in [0.15, 0.2) is 27.6 Å². The standard InChI is InChI=1S/C8H8BrNO2/c9-7-2-1-3-10(8(7)11)6-4-12-5-6/h1-3,6H,4-5H2. The van der Waals surface area contributed by atoms with Crippen LogP contribution in [0.25, 0.3) is 0 Å². The molecule has 0 bridgehead atoms. The highest BCUT2D eigenvalue weighted by atomic mass is 79.9. The number of aromatic nitrogens is 1. The minimum absolute atomic E-state index is 0.0193.